The van der Waals surface area contributed by atoms with Crippen LogP contribution in [0.2, 0.25) is 0 Å². The van der Waals surface area contributed by atoms with E-state index in [1.807, 2.05) is 0 Å². The summed E-state index contributed by atoms with van der Waals surface area (Å²) in [5.41, 5.74) is 0. The smallest absolute Gasteiger partial charge is 1.00 e. The Balaban J connectivity index is -0.0000000800. The first-order valence-electron chi connectivity index (χ1n) is 0.791. The fourth-order valence-electron chi connectivity index (χ4n) is 0. The second kappa shape index (κ2) is 5.18. The molecule has 0 radical (unpaired) electrons. The van der Waals surface area contributed by atoms with Crippen molar-refractivity contribution in [3.8, 4) is 0 Å². The van der Waals surface area contributed by atoms with Gasteiger partial charge in [-0.1, -0.05) is 0 Å². The maximum atomic E-state index is 9.91. The Morgan fingerprint density at radius 3 is 1.14 bits per heavy atom. The molecule has 0 fully saturated rings. The van der Waals surface area contributed by atoms with Crippen LogP contribution in [-0.2, 0) is 0 Å². The van der Waals surface area contributed by atoms with E-state index in [1.54, 1.807) is 0 Å². The molecule has 0 spiro atoms. The minimum absolute atomic E-state index is 0. The van der Waals surface area contributed by atoms with Crippen LogP contribution in [0.4, 0.5) is 13.2 Å². The standard InChI is InChI=1S/CHF3O.ClH.Na/c2-1(3,4)5;;/h5H;1H;/q;;+1/p-1. The van der Waals surface area contributed by atoms with Gasteiger partial charge in [0.15, 0.2) is 0 Å². The summed E-state index contributed by atoms with van der Waals surface area (Å²) in [6.45, 7) is 0. The van der Waals surface area contributed by atoms with Crippen molar-refractivity contribution in [3.63, 3.8) is 0 Å². The molecule has 6 heteroatoms. The summed E-state index contributed by atoms with van der Waals surface area (Å²) >= 11 is 0. The quantitative estimate of drug-likeness (QED) is 0.337. The Morgan fingerprint density at radius 2 is 1.14 bits per heavy atom. The third-order valence-corrected chi connectivity index (χ3v) is 0. The Morgan fingerprint density at radius 1 is 1.14 bits per heavy atom. The maximum Gasteiger partial charge on any atom is 1.00 e. The monoisotopic (exact) mass is 144 g/mol. The van der Waals surface area contributed by atoms with Gasteiger partial charge in [-0.3, -0.25) is 0 Å². The van der Waals surface area contributed by atoms with Crippen LogP contribution >= 0.6 is 0 Å². The van der Waals surface area contributed by atoms with Gasteiger partial charge in [0.2, 0.25) is 0 Å². The van der Waals surface area contributed by atoms with E-state index >= 15 is 0 Å². The SMILES string of the molecule is OC(F)(F)F.[Cl-].[Na+]. The molecular formula is CHClF3NaO. The number of rotatable bonds is 0. The second-order valence-corrected chi connectivity index (χ2v) is 0.468. The van der Waals surface area contributed by atoms with Crippen LogP contribution in [0.15, 0.2) is 0 Å². The van der Waals surface area contributed by atoms with Crippen LogP contribution < -0.4 is 42.0 Å². The van der Waals surface area contributed by atoms with Crippen LogP contribution in [0, 0.1) is 0 Å². The number of hydrogen-bond donors (Lipinski definition) is 1. The van der Waals surface area contributed by atoms with Crippen LogP contribution in [0.25, 0.3) is 0 Å². The molecule has 0 aliphatic heterocycles. The van der Waals surface area contributed by atoms with Gasteiger partial charge in [-0.25, -0.2) is 0 Å². The molecule has 40 valence electrons. The summed E-state index contributed by atoms with van der Waals surface area (Å²) in [4.78, 5) is 0. The number of alkyl halides is 3. The zero-order valence-electron chi connectivity index (χ0n) is 3.46. The second-order valence-electron chi connectivity index (χ2n) is 0.468. The van der Waals surface area contributed by atoms with Crippen LogP contribution in [0.3, 0.4) is 0 Å². The zero-order valence-corrected chi connectivity index (χ0v) is 6.22. The topological polar surface area (TPSA) is 20.2 Å². The van der Waals surface area contributed by atoms with Crippen molar-refractivity contribution in [2.75, 3.05) is 0 Å². The Labute approximate surface area is 66.6 Å². The van der Waals surface area contributed by atoms with Crippen molar-refractivity contribution < 1.29 is 60.2 Å². The molecule has 0 aromatic rings. The minimum atomic E-state index is -5.00. The Bertz CT molecular complexity index is 30.4. The van der Waals surface area contributed by atoms with Crippen molar-refractivity contribution in [2.24, 2.45) is 0 Å². The maximum absolute atomic E-state index is 9.91. The molecule has 1 N–H and O–H groups in total. The molecule has 0 atom stereocenters. The fourth-order valence-corrected chi connectivity index (χ4v) is 0. The van der Waals surface area contributed by atoms with Crippen molar-refractivity contribution in [3.05, 3.63) is 0 Å². The summed E-state index contributed by atoms with van der Waals surface area (Å²) < 4.78 is 29.7. The van der Waals surface area contributed by atoms with E-state index in [-0.39, 0.29) is 42.0 Å². The predicted molar refractivity (Wildman–Crippen MR) is 8.27 cm³/mol. The van der Waals surface area contributed by atoms with Crippen LogP contribution in [0.1, 0.15) is 0 Å². The summed E-state index contributed by atoms with van der Waals surface area (Å²) in [5.74, 6) is 0. The molecule has 0 rings (SSSR count). The van der Waals surface area contributed by atoms with Gasteiger partial charge in [0, 0.05) is 0 Å². The van der Waals surface area contributed by atoms with E-state index in [2.05, 4.69) is 0 Å². The number of aliphatic hydroxyl groups is 1. The summed E-state index contributed by atoms with van der Waals surface area (Å²) in [6, 6.07) is 0. The molecule has 0 aliphatic rings. The van der Waals surface area contributed by atoms with Crippen molar-refractivity contribution in [2.45, 2.75) is 6.36 Å². The normalized spacial score (nSPS) is 8.57. The first kappa shape index (κ1) is 15.7. The van der Waals surface area contributed by atoms with E-state index in [9.17, 15) is 13.2 Å². The van der Waals surface area contributed by atoms with Gasteiger partial charge in [-0.15, -0.1) is 13.2 Å². The van der Waals surface area contributed by atoms with Gasteiger partial charge in [0.25, 0.3) is 0 Å². The van der Waals surface area contributed by atoms with Gasteiger partial charge in [0.1, 0.15) is 0 Å². The zero-order chi connectivity index (χ0) is 4.50. The molecule has 0 heterocycles. The van der Waals surface area contributed by atoms with E-state index in [4.69, 9.17) is 5.11 Å². The number of halogens is 4. The average Bonchev–Trinajstić information content (AvgIpc) is 0.722. The summed E-state index contributed by atoms with van der Waals surface area (Å²) in [7, 11) is 0. The van der Waals surface area contributed by atoms with Gasteiger partial charge in [-0.2, -0.15) is 0 Å². The molecule has 0 saturated carbocycles. The van der Waals surface area contributed by atoms with Gasteiger partial charge < -0.3 is 17.5 Å². The first-order valence-corrected chi connectivity index (χ1v) is 0.791. The minimum Gasteiger partial charge on any atom is -1.00 e. The first-order chi connectivity index (χ1) is 2.00. The van der Waals surface area contributed by atoms with Crippen LogP contribution in [-0.4, -0.2) is 11.5 Å². The summed E-state index contributed by atoms with van der Waals surface area (Å²) in [6.07, 6.45) is -5.00. The molecule has 0 bridgehead atoms. The largest absolute Gasteiger partial charge is 1.00 e. The fraction of sp³-hybridized carbons (Fsp3) is 1.00. The van der Waals surface area contributed by atoms with E-state index in [0.717, 1.165) is 0 Å². The molecule has 0 saturated heterocycles. The summed E-state index contributed by atoms with van der Waals surface area (Å²) in [5, 5.41) is 6.52. The van der Waals surface area contributed by atoms with Crippen LogP contribution in [0.5, 0.6) is 0 Å². The Kier molecular flexibility index (Phi) is 11.6. The third-order valence-electron chi connectivity index (χ3n) is 0. The van der Waals surface area contributed by atoms with Gasteiger partial charge in [0.05, 0.1) is 0 Å². The molecule has 1 nitrogen and oxygen atoms in total. The molecular weight excluding hydrogens is 143 g/mol. The predicted octanol–water partition coefficient (Wildman–Crippen LogP) is -5.49. The van der Waals surface area contributed by atoms with Crippen molar-refractivity contribution in [1.29, 1.82) is 0 Å². The molecule has 0 amide bonds. The molecule has 0 aromatic heterocycles. The molecule has 0 aromatic carbocycles. The number of hydrogen-bond acceptors (Lipinski definition) is 1. The third kappa shape index (κ3) is 165. The molecule has 0 aliphatic carbocycles. The van der Waals surface area contributed by atoms with Crippen molar-refractivity contribution in [1.82, 2.24) is 0 Å². The van der Waals surface area contributed by atoms with Gasteiger partial charge in [-0.05, 0) is 0 Å². The van der Waals surface area contributed by atoms with E-state index in [0.29, 0.717) is 0 Å². The van der Waals surface area contributed by atoms with E-state index in [1.165, 1.54) is 0 Å². The van der Waals surface area contributed by atoms with E-state index < -0.39 is 6.36 Å². The Hall–Kier alpha value is 1.04. The molecule has 0 unspecified atom stereocenters. The average molecular weight is 144 g/mol. The van der Waals surface area contributed by atoms with Crippen molar-refractivity contribution >= 4 is 0 Å². The van der Waals surface area contributed by atoms with Gasteiger partial charge >= 0.3 is 35.9 Å². The molecule has 7 heavy (non-hydrogen) atoms.